The fourth-order valence-electron chi connectivity index (χ4n) is 2.10. The van der Waals surface area contributed by atoms with Crippen LogP contribution in [0.2, 0.25) is 0 Å². The van der Waals surface area contributed by atoms with Crippen molar-refractivity contribution in [2.75, 3.05) is 6.54 Å². The second-order valence-corrected chi connectivity index (χ2v) is 4.72. The lowest BCUT2D eigenvalue weighted by atomic mass is 10.1. The van der Waals surface area contributed by atoms with E-state index in [-0.39, 0.29) is 17.7 Å². The molecule has 0 saturated carbocycles. The maximum absolute atomic E-state index is 11.9. The SMILES string of the molecule is CCCC(O)CNC(C)c1c(C)nc(C)[nH]c1=O. The Morgan fingerprint density at radius 1 is 1.44 bits per heavy atom. The molecule has 1 heterocycles. The molecule has 0 radical (unpaired) electrons. The molecule has 0 spiro atoms. The van der Waals surface area contributed by atoms with E-state index < -0.39 is 0 Å². The number of hydrogen-bond acceptors (Lipinski definition) is 4. The van der Waals surface area contributed by atoms with Gasteiger partial charge in [-0.1, -0.05) is 13.3 Å². The van der Waals surface area contributed by atoms with E-state index in [1.54, 1.807) is 6.92 Å². The number of aromatic nitrogens is 2. The van der Waals surface area contributed by atoms with Gasteiger partial charge in [-0.2, -0.15) is 0 Å². The lowest BCUT2D eigenvalue weighted by molar-refractivity contribution is 0.157. The van der Waals surface area contributed by atoms with Crippen LogP contribution in [0.4, 0.5) is 0 Å². The van der Waals surface area contributed by atoms with Crippen molar-refractivity contribution in [2.45, 2.75) is 52.7 Å². The Balaban J connectivity index is 2.73. The van der Waals surface area contributed by atoms with Gasteiger partial charge in [-0.05, 0) is 27.2 Å². The van der Waals surface area contributed by atoms with Crippen LogP contribution in [0.25, 0.3) is 0 Å². The molecule has 5 nitrogen and oxygen atoms in total. The predicted molar refractivity (Wildman–Crippen MR) is 71.7 cm³/mol. The molecule has 0 amide bonds. The number of aromatic amines is 1. The summed E-state index contributed by atoms with van der Waals surface area (Å²) in [6.45, 7) is 8.03. The average molecular weight is 253 g/mol. The molecule has 5 heteroatoms. The summed E-state index contributed by atoms with van der Waals surface area (Å²) >= 11 is 0. The van der Waals surface area contributed by atoms with Gasteiger partial charge in [0.2, 0.25) is 0 Å². The Morgan fingerprint density at radius 2 is 2.11 bits per heavy atom. The zero-order valence-electron chi connectivity index (χ0n) is 11.6. The molecule has 2 unspecified atom stereocenters. The summed E-state index contributed by atoms with van der Waals surface area (Å²) in [4.78, 5) is 18.8. The van der Waals surface area contributed by atoms with Gasteiger partial charge < -0.3 is 15.4 Å². The van der Waals surface area contributed by atoms with Gasteiger partial charge in [-0.15, -0.1) is 0 Å². The molecule has 0 fully saturated rings. The second-order valence-electron chi connectivity index (χ2n) is 4.72. The molecule has 102 valence electrons. The van der Waals surface area contributed by atoms with Gasteiger partial charge in [0.25, 0.3) is 5.56 Å². The fourth-order valence-corrected chi connectivity index (χ4v) is 2.10. The highest BCUT2D eigenvalue weighted by Gasteiger charge is 2.15. The summed E-state index contributed by atoms with van der Waals surface area (Å²) in [5.41, 5.74) is 1.27. The van der Waals surface area contributed by atoms with Crippen LogP contribution < -0.4 is 10.9 Å². The number of aryl methyl sites for hydroxylation is 2. The molecule has 0 saturated heterocycles. The first-order valence-electron chi connectivity index (χ1n) is 6.44. The molecule has 1 aromatic heterocycles. The minimum absolute atomic E-state index is 0.106. The minimum atomic E-state index is -0.366. The van der Waals surface area contributed by atoms with E-state index in [9.17, 15) is 9.90 Å². The van der Waals surface area contributed by atoms with Crippen LogP contribution in [0, 0.1) is 13.8 Å². The van der Waals surface area contributed by atoms with Crippen LogP contribution in [0.15, 0.2) is 4.79 Å². The molecule has 18 heavy (non-hydrogen) atoms. The van der Waals surface area contributed by atoms with Crippen molar-refractivity contribution in [2.24, 2.45) is 0 Å². The van der Waals surface area contributed by atoms with Gasteiger partial charge in [0.1, 0.15) is 5.82 Å². The highest BCUT2D eigenvalue weighted by Crippen LogP contribution is 2.10. The standard InChI is InChI=1S/C13H23N3O2/c1-5-6-11(17)7-14-8(2)12-9(3)15-10(4)16-13(12)18/h8,11,14,17H,5-7H2,1-4H3,(H,15,16,18). The zero-order chi connectivity index (χ0) is 13.7. The molecule has 3 N–H and O–H groups in total. The van der Waals surface area contributed by atoms with Gasteiger partial charge in [0.15, 0.2) is 0 Å². The number of hydrogen-bond donors (Lipinski definition) is 3. The number of nitrogens with one attached hydrogen (secondary N) is 2. The summed E-state index contributed by atoms with van der Waals surface area (Å²) in [6, 6.07) is -0.117. The Kier molecular flexibility index (Phi) is 5.50. The van der Waals surface area contributed by atoms with Crippen molar-refractivity contribution in [1.29, 1.82) is 0 Å². The van der Waals surface area contributed by atoms with E-state index in [0.717, 1.165) is 18.5 Å². The van der Waals surface area contributed by atoms with E-state index in [2.05, 4.69) is 15.3 Å². The van der Waals surface area contributed by atoms with E-state index in [1.807, 2.05) is 20.8 Å². The molecule has 0 aliphatic carbocycles. The van der Waals surface area contributed by atoms with Crippen molar-refractivity contribution in [3.63, 3.8) is 0 Å². The smallest absolute Gasteiger partial charge is 0.255 e. The summed E-state index contributed by atoms with van der Waals surface area (Å²) < 4.78 is 0. The van der Waals surface area contributed by atoms with Gasteiger partial charge in [-0.3, -0.25) is 4.79 Å². The first kappa shape index (κ1) is 14.9. The number of H-pyrrole nitrogens is 1. The zero-order valence-corrected chi connectivity index (χ0v) is 11.6. The van der Waals surface area contributed by atoms with Crippen LogP contribution in [0.5, 0.6) is 0 Å². The Hall–Kier alpha value is -1.20. The van der Waals surface area contributed by atoms with Crippen LogP contribution in [0.3, 0.4) is 0 Å². The van der Waals surface area contributed by atoms with Crippen molar-refractivity contribution < 1.29 is 5.11 Å². The third-order valence-electron chi connectivity index (χ3n) is 2.98. The maximum atomic E-state index is 11.9. The summed E-state index contributed by atoms with van der Waals surface area (Å²) in [6.07, 6.45) is 1.35. The molecule has 0 aromatic carbocycles. The Morgan fingerprint density at radius 3 is 2.67 bits per heavy atom. The Bertz CT molecular complexity index is 442. The third-order valence-corrected chi connectivity index (χ3v) is 2.98. The molecule has 0 aliphatic rings. The molecular weight excluding hydrogens is 230 g/mol. The quantitative estimate of drug-likeness (QED) is 0.712. The van der Waals surface area contributed by atoms with Gasteiger partial charge in [0, 0.05) is 18.3 Å². The van der Waals surface area contributed by atoms with E-state index in [1.165, 1.54) is 0 Å². The number of aliphatic hydroxyl groups is 1. The molecule has 2 atom stereocenters. The molecule has 0 aliphatic heterocycles. The lowest BCUT2D eigenvalue weighted by Gasteiger charge is -2.17. The Labute approximate surface area is 108 Å². The van der Waals surface area contributed by atoms with Crippen LogP contribution >= 0.6 is 0 Å². The lowest BCUT2D eigenvalue weighted by Crippen LogP contribution is -2.33. The molecule has 1 aromatic rings. The van der Waals surface area contributed by atoms with Crippen LogP contribution in [-0.4, -0.2) is 27.7 Å². The van der Waals surface area contributed by atoms with Crippen molar-refractivity contribution >= 4 is 0 Å². The normalized spacial score (nSPS) is 14.5. The minimum Gasteiger partial charge on any atom is -0.392 e. The van der Waals surface area contributed by atoms with Gasteiger partial charge in [-0.25, -0.2) is 4.98 Å². The van der Waals surface area contributed by atoms with Gasteiger partial charge in [0.05, 0.1) is 11.7 Å². The predicted octanol–water partition coefficient (Wildman–Crippen LogP) is 1.20. The average Bonchev–Trinajstić information content (AvgIpc) is 2.25. The second kappa shape index (κ2) is 6.66. The van der Waals surface area contributed by atoms with Crippen LogP contribution in [0.1, 0.15) is 49.8 Å². The largest absolute Gasteiger partial charge is 0.392 e. The van der Waals surface area contributed by atoms with Crippen molar-refractivity contribution in [3.05, 3.63) is 27.4 Å². The number of nitrogens with zero attached hydrogens (tertiary/aromatic N) is 1. The van der Waals surface area contributed by atoms with E-state index in [0.29, 0.717) is 17.9 Å². The van der Waals surface area contributed by atoms with Crippen molar-refractivity contribution in [3.8, 4) is 0 Å². The first-order valence-corrected chi connectivity index (χ1v) is 6.44. The summed E-state index contributed by atoms with van der Waals surface area (Å²) in [7, 11) is 0. The van der Waals surface area contributed by atoms with Crippen molar-refractivity contribution in [1.82, 2.24) is 15.3 Å². The summed E-state index contributed by atoms with van der Waals surface area (Å²) in [5.74, 6) is 0.625. The maximum Gasteiger partial charge on any atom is 0.255 e. The van der Waals surface area contributed by atoms with E-state index in [4.69, 9.17) is 0 Å². The molecule has 1 rings (SSSR count). The third kappa shape index (κ3) is 3.92. The first-order chi connectivity index (χ1) is 8.45. The molecular formula is C13H23N3O2. The molecule has 0 bridgehead atoms. The number of rotatable bonds is 6. The topological polar surface area (TPSA) is 78.0 Å². The fraction of sp³-hybridized carbons (Fsp3) is 0.692. The van der Waals surface area contributed by atoms with E-state index >= 15 is 0 Å². The highest BCUT2D eigenvalue weighted by molar-refractivity contribution is 5.19. The monoisotopic (exact) mass is 253 g/mol. The van der Waals surface area contributed by atoms with Crippen LogP contribution in [-0.2, 0) is 0 Å². The van der Waals surface area contributed by atoms with Gasteiger partial charge >= 0.3 is 0 Å². The number of aliphatic hydroxyl groups excluding tert-OH is 1. The highest BCUT2D eigenvalue weighted by atomic mass is 16.3. The summed E-state index contributed by atoms with van der Waals surface area (Å²) in [5, 5.41) is 12.8.